The predicted molar refractivity (Wildman–Crippen MR) is 103 cm³/mol. The van der Waals surface area contributed by atoms with Crippen LogP contribution >= 0.6 is 11.6 Å². The van der Waals surface area contributed by atoms with Crippen LogP contribution in [0, 0.1) is 20.8 Å². The van der Waals surface area contributed by atoms with Crippen molar-refractivity contribution in [1.29, 1.82) is 0 Å². The molecule has 2 aromatic carbocycles. The van der Waals surface area contributed by atoms with E-state index in [-0.39, 0.29) is 0 Å². The third kappa shape index (κ3) is 3.59. The Balaban J connectivity index is 1.81. The fourth-order valence-electron chi connectivity index (χ4n) is 2.68. The molecule has 3 rings (SSSR count). The molecule has 1 N–H and O–H groups in total. The first-order valence-electron chi connectivity index (χ1n) is 8.44. The second-order valence-corrected chi connectivity index (χ2v) is 7.06. The first-order chi connectivity index (χ1) is 11.4. The van der Waals surface area contributed by atoms with Crippen molar-refractivity contribution in [2.45, 2.75) is 46.1 Å². The van der Waals surface area contributed by atoms with Gasteiger partial charge in [-0.2, -0.15) is 0 Å². The third-order valence-electron chi connectivity index (χ3n) is 4.79. The van der Waals surface area contributed by atoms with Crippen LogP contribution in [0.15, 0.2) is 36.9 Å². The topological polar surface area (TPSA) is 21.3 Å². The second kappa shape index (κ2) is 6.90. The summed E-state index contributed by atoms with van der Waals surface area (Å²) in [5.41, 5.74) is 6.33. The molecule has 0 radical (unpaired) electrons. The van der Waals surface area contributed by atoms with Gasteiger partial charge in [-0.25, -0.2) is 0 Å². The number of hydrogen-bond acceptors (Lipinski definition) is 2. The molecule has 0 aliphatic heterocycles. The van der Waals surface area contributed by atoms with E-state index in [9.17, 15) is 0 Å². The van der Waals surface area contributed by atoms with Gasteiger partial charge in [-0.3, -0.25) is 0 Å². The maximum atomic E-state index is 6.41. The summed E-state index contributed by atoms with van der Waals surface area (Å²) in [5.74, 6) is 0.866. The van der Waals surface area contributed by atoms with E-state index >= 15 is 0 Å². The van der Waals surface area contributed by atoms with Gasteiger partial charge < -0.3 is 10.1 Å². The number of nitrogens with one attached hydrogen (secondary N) is 1. The highest BCUT2D eigenvalue weighted by atomic mass is 35.5. The molecule has 3 heteroatoms. The lowest BCUT2D eigenvalue weighted by Gasteiger charge is -2.27. The van der Waals surface area contributed by atoms with Crippen molar-refractivity contribution in [3.63, 3.8) is 0 Å². The van der Waals surface area contributed by atoms with Crippen molar-refractivity contribution in [2.75, 3.05) is 5.32 Å². The van der Waals surface area contributed by atoms with E-state index < -0.39 is 0 Å². The highest BCUT2D eigenvalue weighted by Crippen LogP contribution is 2.34. The largest absolute Gasteiger partial charge is 0.490 e. The molecule has 0 bridgehead atoms. The number of halogens is 1. The first-order valence-corrected chi connectivity index (χ1v) is 8.82. The molecule has 24 heavy (non-hydrogen) atoms. The summed E-state index contributed by atoms with van der Waals surface area (Å²) in [6, 6.07) is 10.3. The van der Waals surface area contributed by atoms with E-state index in [0.717, 1.165) is 41.1 Å². The predicted octanol–water partition coefficient (Wildman–Crippen LogP) is 6.28. The lowest BCUT2D eigenvalue weighted by Crippen LogP contribution is -2.25. The van der Waals surface area contributed by atoms with E-state index in [1.165, 1.54) is 17.5 Å². The molecule has 0 atom stereocenters. The maximum absolute atomic E-state index is 6.41. The van der Waals surface area contributed by atoms with E-state index in [1.807, 2.05) is 19.1 Å². The molecule has 0 saturated heterocycles. The molecule has 0 spiro atoms. The van der Waals surface area contributed by atoms with Gasteiger partial charge in [0.25, 0.3) is 0 Å². The van der Waals surface area contributed by atoms with Crippen LogP contribution in [0.2, 0.25) is 5.02 Å². The normalized spacial score (nSPS) is 14.2. The van der Waals surface area contributed by atoms with E-state index in [0.29, 0.717) is 11.1 Å². The summed E-state index contributed by atoms with van der Waals surface area (Å²) >= 11 is 6.41. The summed E-state index contributed by atoms with van der Waals surface area (Å²) in [5, 5.41) is 4.09. The van der Waals surface area contributed by atoms with Crippen molar-refractivity contribution in [2.24, 2.45) is 0 Å². The van der Waals surface area contributed by atoms with Crippen LogP contribution in [0.3, 0.4) is 0 Å². The SMILES string of the molecule is C=C(Nc1ccc(C)c(C)c1)c1cc(Cl)c(C)c(OC2CCC2)c1. The van der Waals surface area contributed by atoms with Gasteiger partial charge in [0.2, 0.25) is 0 Å². The number of benzene rings is 2. The lowest BCUT2D eigenvalue weighted by atomic mass is 9.96. The van der Waals surface area contributed by atoms with Crippen molar-refractivity contribution in [3.05, 3.63) is 64.2 Å². The molecule has 0 unspecified atom stereocenters. The highest BCUT2D eigenvalue weighted by Gasteiger charge is 2.21. The zero-order chi connectivity index (χ0) is 17.3. The van der Waals surface area contributed by atoms with Crippen molar-refractivity contribution in [3.8, 4) is 5.75 Å². The van der Waals surface area contributed by atoms with Crippen LogP contribution in [0.1, 0.15) is 41.5 Å². The summed E-state index contributed by atoms with van der Waals surface area (Å²) in [4.78, 5) is 0. The molecule has 2 nitrogen and oxygen atoms in total. The van der Waals surface area contributed by atoms with Crippen molar-refractivity contribution in [1.82, 2.24) is 0 Å². The number of hydrogen-bond donors (Lipinski definition) is 1. The Morgan fingerprint density at radius 2 is 1.88 bits per heavy atom. The Kier molecular flexibility index (Phi) is 4.86. The van der Waals surface area contributed by atoms with Gasteiger partial charge in [0.15, 0.2) is 0 Å². The molecule has 0 aromatic heterocycles. The molecule has 0 heterocycles. The minimum atomic E-state index is 0.330. The quantitative estimate of drug-likeness (QED) is 0.691. The van der Waals surface area contributed by atoms with Crippen LogP contribution in [0.25, 0.3) is 5.70 Å². The molecule has 0 amide bonds. The van der Waals surface area contributed by atoms with Crippen molar-refractivity contribution >= 4 is 23.0 Å². The molecule has 2 aromatic rings. The molecule has 1 aliphatic carbocycles. The standard InChI is InChI=1S/C21H24ClNO/c1-13-8-9-18(10-14(13)2)23-16(4)17-11-20(22)15(3)21(12-17)24-19-6-5-7-19/h8-12,19,23H,4-7H2,1-3H3. The van der Waals surface area contributed by atoms with Gasteiger partial charge >= 0.3 is 0 Å². The van der Waals surface area contributed by atoms with E-state index in [1.54, 1.807) is 0 Å². The van der Waals surface area contributed by atoms with Crippen LogP contribution in [0.5, 0.6) is 5.75 Å². The van der Waals surface area contributed by atoms with Gasteiger partial charge in [-0.15, -0.1) is 0 Å². The molecular formula is C21H24ClNO. The summed E-state index contributed by atoms with van der Waals surface area (Å²) in [6.07, 6.45) is 3.83. The minimum absolute atomic E-state index is 0.330. The Morgan fingerprint density at radius 1 is 1.12 bits per heavy atom. The molecule has 1 saturated carbocycles. The lowest BCUT2D eigenvalue weighted by molar-refractivity contribution is 0.119. The van der Waals surface area contributed by atoms with Gasteiger partial charge in [0.1, 0.15) is 5.75 Å². The van der Waals surface area contributed by atoms with Gasteiger partial charge in [0, 0.05) is 27.5 Å². The Morgan fingerprint density at radius 3 is 2.50 bits per heavy atom. The Hall–Kier alpha value is -1.93. The van der Waals surface area contributed by atoms with Crippen molar-refractivity contribution < 1.29 is 4.74 Å². The number of aryl methyl sites for hydroxylation is 2. The van der Waals surface area contributed by atoms with E-state index in [2.05, 4.69) is 43.9 Å². The van der Waals surface area contributed by atoms with Crippen LogP contribution in [-0.4, -0.2) is 6.10 Å². The molecule has 126 valence electrons. The Labute approximate surface area is 149 Å². The summed E-state index contributed by atoms with van der Waals surface area (Å²) in [7, 11) is 0. The molecule has 1 aliphatic rings. The average molecular weight is 342 g/mol. The smallest absolute Gasteiger partial charge is 0.124 e. The minimum Gasteiger partial charge on any atom is -0.490 e. The number of anilines is 1. The second-order valence-electron chi connectivity index (χ2n) is 6.65. The fraction of sp³-hybridized carbons (Fsp3) is 0.333. The van der Waals surface area contributed by atoms with Gasteiger partial charge in [0.05, 0.1) is 6.10 Å². The number of ether oxygens (including phenoxy) is 1. The van der Waals surface area contributed by atoms with Gasteiger partial charge in [-0.1, -0.05) is 24.2 Å². The zero-order valence-corrected chi connectivity index (χ0v) is 15.3. The first kappa shape index (κ1) is 16.9. The van der Waals surface area contributed by atoms with Crippen LogP contribution in [0.4, 0.5) is 5.69 Å². The number of rotatable bonds is 5. The average Bonchev–Trinajstić information content (AvgIpc) is 2.50. The van der Waals surface area contributed by atoms with Crippen LogP contribution in [-0.2, 0) is 0 Å². The monoisotopic (exact) mass is 341 g/mol. The maximum Gasteiger partial charge on any atom is 0.124 e. The zero-order valence-electron chi connectivity index (χ0n) is 14.6. The highest BCUT2D eigenvalue weighted by molar-refractivity contribution is 6.31. The third-order valence-corrected chi connectivity index (χ3v) is 5.19. The van der Waals surface area contributed by atoms with E-state index in [4.69, 9.17) is 16.3 Å². The Bertz CT molecular complexity index is 778. The molecular weight excluding hydrogens is 318 g/mol. The molecule has 1 fully saturated rings. The fourth-order valence-corrected chi connectivity index (χ4v) is 2.89. The van der Waals surface area contributed by atoms with Gasteiger partial charge in [-0.05, 0) is 75.4 Å². The summed E-state index contributed by atoms with van der Waals surface area (Å²) in [6.45, 7) is 10.4. The summed E-state index contributed by atoms with van der Waals surface area (Å²) < 4.78 is 6.08. The van der Waals surface area contributed by atoms with Crippen LogP contribution < -0.4 is 10.1 Å².